The SMILES string of the molecule is CCC(=O)Oc1c[nH]c2cccc(OC)c12. The molecule has 2 rings (SSSR count). The van der Waals surface area contributed by atoms with Crippen molar-refractivity contribution in [3.8, 4) is 11.5 Å². The predicted octanol–water partition coefficient (Wildman–Crippen LogP) is 2.49. The minimum Gasteiger partial charge on any atom is -0.496 e. The Morgan fingerprint density at radius 1 is 1.38 bits per heavy atom. The standard InChI is InChI=1S/C12H13NO3/c1-3-11(14)16-10-7-13-8-5-4-6-9(15-2)12(8)10/h4-7,13H,3H2,1-2H3. The third kappa shape index (κ3) is 1.74. The van der Waals surface area contributed by atoms with E-state index in [4.69, 9.17) is 9.47 Å². The number of H-pyrrole nitrogens is 1. The zero-order valence-corrected chi connectivity index (χ0v) is 9.24. The van der Waals surface area contributed by atoms with Gasteiger partial charge in [-0.25, -0.2) is 0 Å². The number of hydrogen-bond donors (Lipinski definition) is 1. The maximum Gasteiger partial charge on any atom is 0.310 e. The summed E-state index contributed by atoms with van der Waals surface area (Å²) < 4.78 is 10.4. The van der Waals surface area contributed by atoms with E-state index in [1.165, 1.54) is 0 Å². The minimum atomic E-state index is -0.258. The zero-order valence-electron chi connectivity index (χ0n) is 9.24. The largest absolute Gasteiger partial charge is 0.496 e. The Labute approximate surface area is 93.2 Å². The van der Waals surface area contributed by atoms with Gasteiger partial charge in [-0.2, -0.15) is 0 Å². The molecule has 0 bridgehead atoms. The molecular formula is C12H13NO3. The molecule has 0 aliphatic rings. The molecule has 1 aromatic carbocycles. The van der Waals surface area contributed by atoms with Gasteiger partial charge in [-0.1, -0.05) is 13.0 Å². The summed E-state index contributed by atoms with van der Waals surface area (Å²) in [6.45, 7) is 1.76. The third-order valence-corrected chi connectivity index (χ3v) is 2.36. The Bertz CT molecular complexity index is 516. The van der Waals surface area contributed by atoms with Gasteiger partial charge in [-0.05, 0) is 12.1 Å². The highest BCUT2D eigenvalue weighted by atomic mass is 16.5. The molecule has 84 valence electrons. The fourth-order valence-corrected chi connectivity index (χ4v) is 1.57. The van der Waals surface area contributed by atoms with E-state index >= 15 is 0 Å². The number of fused-ring (bicyclic) bond motifs is 1. The summed E-state index contributed by atoms with van der Waals surface area (Å²) in [6, 6.07) is 5.61. The fraction of sp³-hybridized carbons (Fsp3) is 0.250. The van der Waals surface area contributed by atoms with E-state index in [1.807, 2.05) is 18.2 Å². The highest BCUT2D eigenvalue weighted by Gasteiger charge is 2.12. The summed E-state index contributed by atoms with van der Waals surface area (Å²) in [5, 5.41) is 0.798. The van der Waals surface area contributed by atoms with E-state index in [-0.39, 0.29) is 5.97 Å². The summed E-state index contributed by atoms with van der Waals surface area (Å²) in [4.78, 5) is 14.3. The van der Waals surface area contributed by atoms with Gasteiger partial charge in [0, 0.05) is 12.6 Å². The Balaban J connectivity index is 2.49. The molecule has 16 heavy (non-hydrogen) atoms. The number of nitrogens with one attached hydrogen (secondary N) is 1. The first-order chi connectivity index (χ1) is 7.76. The summed E-state index contributed by atoms with van der Waals surface area (Å²) in [6.07, 6.45) is 2.02. The molecular weight excluding hydrogens is 206 g/mol. The van der Waals surface area contributed by atoms with Gasteiger partial charge in [-0.15, -0.1) is 0 Å². The highest BCUT2D eigenvalue weighted by Crippen LogP contribution is 2.33. The summed E-state index contributed by atoms with van der Waals surface area (Å²) in [7, 11) is 1.59. The second-order valence-corrected chi connectivity index (χ2v) is 3.36. The molecule has 0 saturated carbocycles. The lowest BCUT2D eigenvalue weighted by Gasteiger charge is -2.04. The lowest BCUT2D eigenvalue weighted by molar-refractivity contribution is -0.133. The first kappa shape index (κ1) is 10.5. The number of carbonyl (C=O) groups is 1. The van der Waals surface area contributed by atoms with Gasteiger partial charge in [0.2, 0.25) is 0 Å². The Hall–Kier alpha value is -1.97. The molecule has 0 saturated heterocycles. The van der Waals surface area contributed by atoms with Crippen LogP contribution in [0, 0.1) is 0 Å². The number of hydrogen-bond acceptors (Lipinski definition) is 3. The van der Waals surface area contributed by atoms with Crippen LogP contribution < -0.4 is 9.47 Å². The second kappa shape index (κ2) is 4.26. The van der Waals surface area contributed by atoms with Crippen LogP contribution in [0.2, 0.25) is 0 Å². The van der Waals surface area contributed by atoms with Gasteiger partial charge in [0.15, 0.2) is 5.75 Å². The molecule has 1 N–H and O–H groups in total. The van der Waals surface area contributed by atoms with E-state index in [2.05, 4.69) is 4.98 Å². The van der Waals surface area contributed by atoms with Crippen molar-refractivity contribution in [3.05, 3.63) is 24.4 Å². The van der Waals surface area contributed by atoms with Crippen LogP contribution in [0.5, 0.6) is 11.5 Å². The van der Waals surface area contributed by atoms with Crippen molar-refractivity contribution in [3.63, 3.8) is 0 Å². The van der Waals surface area contributed by atoms with Crippen molar-refractivity contribution in [2.75, 3.05) is 7.11 Å². The Morgan fingerprint density at radius 2 is 2.19 bits per heavy atom. The number of rotatable bonds is 3. The molecule has 0 radical (unpaired) electrons. The summed E-state index contributed by atoms with van der Waals surface area (Å²) in [5.41, 5.74) is 0.887. The molecule has 0 aliphatic heterocycles. The normalized spacial score (nSPS) is 10.4. The average Bonchev–Trinajstić information content (AvgIpc) is 2.72. The van der Waals surface area contributed by atoms with Gasteiger partial charge in [-0.3, -0.25) is 4.79 Å². The summed E-state index contributed by atoms with van der Waals surface area (Å²) >= 11 is 0. The van der Waals surface area contributed by atoms with Crippen molar-refractivity contribution < 1.29 is 14.3 Å². The van der Waals surface area contributed by atoms with Gasteiger partial charge in [0.1, 0.15) is 5.75 Å². The second-order valence-electron chi connectivity index (χ2n) is 3.36. The van der Waals surface area contributed by atoms with Gasteiger partial charge in [0.25, 0.3) is 0 Å². The van der Waals surface area contributed by atoms with Crippen LogP contribution in [0.3, 0.4) is 0 Å². The monoisotopic (exact) mass is 219 g/mol. The van der Waals surface area contributed by atoms with Crippen LogP contribution in [0.4, 0.5) is 0 Å². The number of aromatic amines is 1. The van der Waals surface area contributed by atoms with E-state index in [1.54, 1.807) is 20.2 Å². The first-order valence-electron chi connectivity index (χ1n) is 5.11. The van der Waals surface area contributed by atoms with Crippen molar-refractivity contribution >= 4 is 16.9 Å². The molecule has 0 aliphatic carbocycles. The van der Waals surface area contributed by atoms with Gasteiger partial charge >= 0.3 is 5.97 Å². The average molecular weight is 219 g/mol. The molecule has 0 amide bonds. The highest BCUT2D eigenvalue weighted by molar-refractivity contribution is 5.93. The van der Waals surface area contributed by atoms with Crippen LogP contribution >= 0.6 is 0 Å². The van der Waals surface area contributed by atoms with Gasteiger partial charge in [0.05, 0.1) is 18.0 Å². The molecule has 0 fully saturated rings. The molecule has 0 spiro atoms. The lowest BCUT2D eigenvalue weighted by atomic mass is 10.2. The number of carbonyl (C=O) groups excluding carboxylic acids is 1. The van der Waals surface area contributed by atoms with Crippen molar-refractivity contribution in [1.29, 1.82) is 0 Å². The Morgan fingerprint density at radius 3 is 2.88 bits per heavy atom. The topological polar surface area (TPSA) is 51.3 Å². The predicted molar refractivity (Wildman–Crippen MR) is 60.8 cm³/mol. The third-order valence-electron chi connectivity index (χ3n) is 2.36. The maximum atomic E-state index is 11.2. The molecule has 0 unspecified atom stereocenters. The van der Waals surface area contributed by atoms with E-state index < -0.39 is 0 Å². The minimum absolute atomic E-state index is 0.258. The number of methoxy groups -OCH3 is 1. The van der Waals surface area contributed by atoms with Crippen LogP contribution in [-0.4, -0.2) is 18.1 Å². The van der Waals surface area contributed by atoms with E-state index in [0.29, 0.717) is 17.9 Å². The molecule has 1 aromatic heterocycles. The fourth-order valence-electron chi connectivity index (χ4n) is 1.57. The van der Waals surface area contributed by atoms with Crippen LogP contribution in [-0.2, 0) is 4.79 Å². The van der Waals surface area contributed by atoms with Crippen molar-refractivity contribution in [1.82, 2.24) is 4.98 Å². The molecule has 4 heteroatoms. The number of aromatic nitrogens is 1. The molecule has 2 aromatic rings. The van der Waals surface area contributed by atoms with Crippen LogP contribution in [0.1, 0.15) is 13.3 Å². The number of ether oxygens (including phenoxy) is 2. The van der Waals surface area contributed by atoms with Crippen molar-refractivity contribution in [2.24, 2.45) is 0 Å². The number of esters is 1. The van der Waals surface area contributed by atoms with Crippen LogP contribution in [0.25, 0.3) is 10.9 Å². The van der Waals surface area contributed by atoms with E-state index in [0.717, 1.165) is 10.9 Å². The van der Waals surface area contributed by atoms with Crippen molar-refractivity contribution in [2.45, 2.75) is 13.3 Å². The first-order valence-corrected chi connectivity index (χ1v) is 5.11. The quantitative estimate of drug-likeness (QED) is 0.807. The maximum absolute atomic E-state index is 11.2. The van der Waals surface area contributed by atoms with Crippen LogP contribution in [0.15, 0.2) is 24.4 Å². The molecule has 1 heterocycles. The van der Waals surface area contributed by atoms with Gasteiger partial charge < -0.3 is 14.5 Å². The molecule has 0 atom stereocenters. The Kier molecular flexibility index (Phi) is 2.81. The number of benzene rings is 1. The lowest BCUT2D eigenvalue weighted by Crippen LogP contribution is -2.05. The summed E-state index contributed by atoms with van der Waals surface area (Å²) in [5.74, 6) is 0.948. The smallest absolute Gasteiger partial charge is 0.310 e. The molecule has 4 nitrogen and oxygen atoms in total. The van der Waals surface area contributed by atoms with E-state index in [9.17, 15) is 4.79 Å². The zero-order chi connectivity index (χ0) is 11.5.